The van der Waals surface area contributed by atoms with Crippen LogP contribution >= 0.6 is 23.2 Å². The Kier molecular flexibility index (Phi) is 8.72. The van der Waals surface area contributed by atoms with Crippen molar-refractivity contribution in [1.82, 2.24) is 15.3 Å². The van der Waals surface area contributed by atoms with E-state index in [0.29, 0.717) is 46.7 Å². The molecule has 1 aromatic heterocycles. The van der Waals surface area contributed by atoms with E-state index in [2.05, 4.69) is 10.3 Å². The Morgan fingerprint density at radius 1 is 0.872 bits per heavy atom. The van der Waals surface area contributed by atoms with Crippen molar-refractivity contribution in [2.75, 3.05) is 0 Å². The molecule has 0 spiro atoms. The summed E-state index contributed by atoms with van der Waals surface area (Å²) < 4.78 is 41.4. The third-order valence-electron chi connectivity index (χ3n) is 5.98. The minimum Gasteiger partial charge on any atom is -0.481 e. The molecule has 0 unspecified atom stereocenters. The summed E-state index contributed by atoms with van der Waals surface area (Å²) in [4.78, 5) is 33.2. The van der Waals surface area contributed by atoms with Gasteiger partial charge in [0.15, 0.2) is 6.04 Å². The van der Waals surface area contributed by atoms with Crippen LogP contribution in [0.15, 0.2) is 66.7 Å². The molecule has 0 bridgehead atoms. The van der Waals surface area contributed by atoms with E-state index >= 15 is 0 Å². The maximum absolute atomic E-state index is 13.8. The highest BCUT2D eigenvalue weighted by molar-refractivity contribution is 6.30. The normalized spacial score (nSPS) is 12.3. The highest BCUT2D eigenvalue weighted by Crippen LogP contribution is 2.34. The topological polar surface area (TPSA) is 92.2 Å². The summed E-state index contributed by atoms with van der Waals surface area (Å²) >= 11 is 11.8. The number of carbonyl (C=O) groups is 2. The van der Waals surface area contributed by atoms with Gasteiger partial charge in [0.2, 0.25) is 0 Å². The Labute approximate surface area is 231 Å². The Morgan fingerprint density at radius 3 is 2.13 bits per heavy atom. The number of benzene rings is 3. The second-order valence-electron chi connectivity index (χ2n) is 8.83. The molecule has 1 atom stereocenters. The van der Waals surface area contributed by atoms with Crippen molar-refractivity contribution in [2.24, 2.45) is 0 Å². The Hall–Kier alpha value is -3.69. The molecule has 1 amide bonds. The smallest absolute Gasteiger partial charge is 0.412 e. The molecule has 39 heavy (non-hydrogen) atoms. The molecule has 11 heteroatoms. The van der Waals surface area contributed by atoms with Gasteiger partial charge in [0.1, 0.15) is 0 Å². The molecule has 202 valence electrons. The van der Waals surface area contributed by atoms with Gasteiger partial charge in [-0.3, -0.25) is 9.59 Å². The lowest BCUT2D eigenvalue weighted by atomic mass is 10.0. The van der Waals surface area contributed by atoms with Crippen LogP contribution in [-0.4, -0.2) is 33.1 Å². The summed E-state index contributed by atoms with van der Waals surface area (Å²) in [7, 11) is 0. The molecule has 0 radical (unpaired) electrons. The molecular formula is C28H22Cl2F3N3O3. The van der Waals surface area contributed by atoms with Crippen LogP contribution < -0.4 is 5.32 Å². The molecule has 0 aliphatic rings. The SMILES string of the molecule is O=C(O)CCCCc1nc2cc(C(=O)N[C@H](c3ccc(Cl)cc3)C(F)(F)F)ccc2nc1-c1ccc(Cl)cc1. The van der Waals surface area contributed by atoms with Gasteiger partial charge in [-0.15, -0.1) is 0 Å². The molecule has 2 N–H and O–H groups in total. The minimum atomic E-state index is -4.74. The minimum absolute atomic E-state index is 0.00952. The number of nitrogens with zero attached hydrogens (tertiary/aromatic N) is 2. The molecule has 4 aromatic rings. The number of carbonyl (C=O) groups excluding carboxylic acids is 1. The number of hydrogen-bond donors (Lipinski definition) is 2. The number of fused-ring (bicyclic) bond motifs is 1. The van der Waals surface area contributed by atoms with Crippen molar-refractivity contribution in [3.63, 3.8) is 0 Å². The van der Waals surface area contributed by atoms with E-state index in [0.717, 1.165) is 5.56 Å². The van der Waals surface area contributed by atoms with E-state index < -0.39 is 24.1 Å². The predicted molar refractivity (Wildman–Crippen MR) is 143 cm³/mol. The Morgan fingerprint density at radius 2 is 1.51 bits per heavy atom. The average molecular weight is 576 g/mol. The monoisotopic (exact) mass is 575 g/mol. The lowest BCUT2D eigenvalue weighted by Crippen LogP contribution is -2.38. The van der Waals surface area contributed by atoms with Gasteiger partial charge in [0, 0.05) is 27.6 Å². The Balaban J connectivity index is 1.66. The number of carboxylic acids is 1. The molecule has 3 aromatic carbocycles. The average Bonchev–Trinajstić information content (AvgIpc) is 2.89. The van der Waals surface area contributed by atoms with Crippen LogP contribution in [0.3, 0.4) is 0 Å². The molecule has 0 fully saturated rings. The van der Waals surface area contributed by atoms with Crippen LogP contribution in [0, 0.1) is 0 Å². The van der Waals surface area contributed by atoms with Gasteiger partial charge < -0.3 is 10.4 Å². The first-order valence-electron chi connectivity index (χ1n) is 11.9. The summed E-state index contributed by atoms with van der Waals surface area (Å²) in [6.45, 7) is 0. The number of rotatable bonds is 9. The fourth-order valence-corrected chi connectivity index (χ4v) is 4.29. The molecule has 6 nitrogen and oxygen atoms in total. The number of aryl methyl sites for hydroxylation is 1. The summed E-state index contributed by atoms with van der Waals surface area (Å²) in [5, 5.41) is 11.8. The van der Waals surface area contributed by atoms with E-state index in [1.54, 1.807) is 24.3 Å². The van der Waals surface area contributed by atoms with Gasteiger partial charge in [0.05, 0.1) is 22.4 Å². The molecule has 1 heterocycles. The molecule has 4 rings (SSSR count). The van der Waals surface area contributed by atoms with Crippen LogP contribution in [0.2, 0.25) is 10.0 Å². The number of halogens is 5. The summed E-state index contributed by atoms with van der Waals surface area (Å²) in [5.74, 6) is -1.83. The summed E-state index contributed by atoms with van der Waals surface area (Å²) in [5.41, 5.74) is 2.49. The number of aliphatic carboxylic acids is 1. The van der Waals surface area contributed by atoms with Crippen LogP contribution in [0.5, 0.6) is 0 Å². The van der Waals surface area contributed by atoms with Crippen molar-refractivity contribution in [3.05, 3.63) is 93.6 Å². The third kappa shape index (κ3) is 7.25. The molecule has 0 aliphatic carbocycles. The fraction of sp³-hybridized carbons (Fsp3) is 0.214. The van der Waals surface area contributed by atoms with Gasteiger partial charge >= 0.3 is 12.1 Å². The number of carboxylic acid groups (broad SMARTS) is 1. The quantitative estimate of drug-likeness (QED) is 0.202. The van der Waals surface area contributed by atoms with E-state index in [-0.39, 0.29) is 22.6 Å². The largest absolute Gasteiger partial charge is 0.481 e. The molecular weight excluding hydrogens is 554 g/mol. The number of nitrogens with one attached hydrogen (secondary N) is 1. The zero-order valence-electron chi connectivity index (χ0n) is 20.3. The number of hydrogen-bond acceptors (Lipinski definition) is 4. The predicted octanol–water partition coefficient (Wildman–Crippen LogP) is 7.43. The van der Waals surface area contributed by atoms with Crippen LogP contribution in [-0.2, 0) is 11.2 Å². The molecule has 0 saturated heterocycles. The van der Waals surface area contributed by atoms with E-state index in [9.17, 15) is 22.8 Å². The molecule has 0 saturated carbocycles. The maximum atomic E-state index is 13.8. The van der Waals surface area contributed by atoms with Crippen molar-refractivity contribution < 1.29 is 27.9 Å². The van der Waals surface area contributed by atoms with Crippen molar-refractivity contribution in [2.45, 2.75) is 37.9 Å². The fourth-order valence-electron chi connectivity index (χ4n) is 4.04. The van der Waals surface area contributed by atoms with Crippen molar-refractivity contribution in [1.29, 1.82) is 0 Å². The summed E-state index contributed by atoms with van der Waals surface area (Å²) in [6, 6.07) is 14.1. The highest BCUT2D eigenvalue weighted by Gasteiger charge is 2.42. The van der Waals surface area contributed by atoms with E-state index in [1.807, 2.05) is 0 Å². The first-order valence-corrected chi connectivity index (χ1v) is 12.7. The van der Waals surface area contributed by atoms with Crippen LogP contribution in [0.4, 0.5) is 13.2 Å². The first-order chi connectivity index (χ1) is 18.5. The van der Waals surface area contributed by atoms with E-state index in [1.165, 1.54) is 42.5 Å². The van der Waals surface area contributed by atoms with Crippen LogP contribution in [0.1, 0.15) is 46.9 Å². The zero-order chi connectivity index (χ0) is 28.2. The number of amides is 1. The number of alkyl halides is 3. The van der Waals surface area contributed by atoms with Crippen molar-refractivity contribution >= 4 is 46.1 Å². The Bertz CT molecular complexity index is 1490. The van der Waals surface area contributed by atoms with Gasteiger partial charge in [-0.25, -0.2) is 9.97 Å². The maximum Gasteiger partial charge on any atom is 0.412 e. The summed E-state index contributed by atoms with van der Waals surface area (Å²) in [6.07, 6.45) is -3.35. The zero-order valence-corrected chi connectivity index (χ0v) is 21.8. The lowest BCUT2D eigenvalue weighted by Gasteiger charge is -2.22. The number of unbranched alkanes of at least 4 members (excludes halogenated alkanes) is 1. The first kappa shape index (κ1) is 28.3. The van der Waals surface area contributed by atoms with E-state index in [4.69, 9.17) is 33.3 Å². The standard InChI is InChI=1S/C28H22Cl2F3N3O3/c29-19-10-5-16(6-11-19)25-22(3-1-2-4-24(37)38)34-23-15-18(9-14-21(23)35-25)27(39)36-26(28(31,32)33)17-7-12-20(30)13-8-17/h5-15,26H,1-4H2,(H,36,39)(H,37,38)/t26-/m1/s1. The highest BCUT2D eigenvalue weighted by atomic mass is 35.5. The molecule has 0 aliphatic heterocycles. The second kappa shape index (κ2) is 12.0. The van der Waals surface area contributed by atoms with Gasteiger partial charge in [-0.2, -0.15) is 13.2 Å². The third-order valence-corrected chi connectivity index (χ3v) is 6.48. The van der Waals surface area contributed by atoms with Crippen molar-refractivity contribution in [3.8, 4) is 11.3 Å². The van der Waals surface area contributed by atoms with Gasteiger partial charge in [0.25, 0.3) is 5.91 Å². The van der Waals surface area contributed by atoms with Crippen LogP contribution in [0.25, 0.3) is 22.3 Å². The number of aromatic nitrogens is 2. The van der Waals surface area contributed by atoms with Gasteiger partial charge in [-0.05, 0) is 67.3 Å². The second-order valence-corrected chi connectivity index (χ2v) is 9.70. The lowest BCUT2D eigenvalue weighted by molar-refractivity contribution is -0.155. The van der Waals surface area contributed by atoms with Gasteiger partial charge in [-0.1, -0.05) is 47.5 Å².